The third-order valence-electron chi connectivity index (χ3n) is 3.51. The first kappa shape index (κ1) is 24.8. The molecule has 10 heteroatoms. The Bertz CT molecular complexity index is 659. The fourth-order valence-electron chi connectivity index (χ4n) is 2.02. The smallest absolute Gasteiger partial charge is 0.247 e. The summed E-state index contributed by atoms with van der Waals surface area (Å²) < 4.78 is 79.2. The molecule has 0 bridgehead atoms. The molecule has 0 heterocycles. The molecule has 2 nitrogen and oxygen atoms in total. The number of hydrogen-bond donors (Lipinski definition) is 0. The highest BCUT2D eigenvalue weighted by Gasteiger charge is 2.29. The Morgan fingerprint density at radius 2 is 1.48 bits per heavy atom. The predicted molar refractivity (Wildman–Crippen MR) is 103 cm³/mol. The van der Waals surface area contributed by atoms with Crippen molar-refractivity contribution in [2.75, 3.05) is 6.61 Å². The van der Waals surface area contributed by atoms with Crippen LogP contribution >= 0.6 is 17.1 Å². The van der Waals surface area contributed by atoms with Crippen LogP contribution in [0, 0.1) is 35.0 Å². The Kier molecular flexibility index (Phi) is 10.2. The van der Waals surface area contributed by atoms with Crippen molar-refractivity contribution in [3.8, 4) is 0 Å². The van der Waals surface area contributed by atoms with E-state index < -0.39 is 46.1 Å². The molecule has 0 saturated carbocycles. The summed E-state index contributed by atoms with van der Waals surface area (Å²) in [6.07, 6.45) is 2.35. The van der Waals surface area contributed by atoms with E-state index in [4.69, 9.17) is 20.9 Å². The molecule has 2 atom stereocenters. The molecule has 0 saturated heterocycles. The summed E-state index contributed by atoms with van der Waals surface area (Å²) in [5.74, 6) is -10.2. The van der Waals surface area contributed by atoms with Gasteiger partial charge in [-0.2, -0.15) is 0 Å². The Morgan fingerprint density at radius 3 is 1.96 bits per heavy atom. The van der Waals surface area contributed by atoms with E-state index in [-0.39, 0.29) is 18.6 Å². The van der Waals surface area contributed by atoms with Crippen LogP contribution in [0.25, 0.3) is 0 Å². The summed E-state index contributed by atoms with van der Waals surface area (Å²) in [7, 11) is 0. The van der Waals surface area contributed by atoms with Crippen LogP contribution in [0.5, 0.6) is 0 Å². The van der Waals surface area contributed by atoms with Gasteiger partial charge in [0, 0.05) is 11.3 Å². The van der Waals surface area contributed by atoms with E-state index in [1.807, 2.05) is 27.7 Å². The quantitative estimate of drug-likeness (QED) is 0.155. The van der Waals surface area contributed by atoms with Crippen LogP contribution in [0.1, 0.15) is 52.5 Å². The van der Waals surface area contributed by atoms with Crippen LogP contribution in [0.15, 0.2) is 0 Å². The minimum absolute atomic E-state index is 0.136. The van der Waals surface area contributed by atoms with E-state index in [0.717, 1.165) is 30.6 Å². The van der Waals surface area contributed by atoms with Crippen LogP contribution in [-0.2, 0) is 26.6 Å². The van der Waals surface area contributed by atoms with Crippen LogP contribution < -0.4 is 0 Å². The summed E-state index contributed by atoms with van der Waals surface area (Å²) in [6, 6.07) is 0. The van der Waals surface area contributed by atoms with E-state index in [1.165, 1.54) is 0 Å². The zero-order valence-electron chi connectivity index (χ0n) is 15.7. The minimum atomic E-state index is -3.04. The largest absolute Gasteiger partial charge is 0.321 e. The third-order valence-corrected chi connectivity index (χ3v) is 8.76. The van der Waals surface area contributed by atoms with Gasteiger partial charge < -0.3 is 9.05 Å². The van der Waals surface area contributed by atoms with Gasteiger partial charge in [-0.1, -0.05) is 45.0 Å². The molecule has 1 aromatic carbocycles. The van der Waals surface area contributed by atoms with E-state index >= 15 is 0 Å². The molecule has 27 heavy (non-hydrogen) atoms. The van der Waals surface area contributed by atoms with Crippen LogP contribution in [-0.4, -0.2) is 12.7 Å². The van der Waals surface area contributed by atoms with Gasteiger partial charge in [0.1, 0.15) is 0 Å². The average Bonchev–Trinajstić information content (AvgIpc) is 2.61. The van der Waals surface area contributed by atoms with Crippen molar-refractivity contribution in [2.24, 2.45) is 5.92 Å². The van der Waals surface area contributed by atoms with Gasteiger partial charge in [0.2, 0.25) is 11.5 Å². The minimum Gasteiger partial charge on any atom is -0.321 e. The number of unbranched alkanes of at least 4 members (excludes halogenated alkanes) is 1. The Morgan fingerprint density at radius 1 is 0.963 bits per heavy atom. The first-order valence-corrected chi connectivity index (χ1v) is 12.8. The lowest BCUT2D eigenvalue weighted by Gasteiger charge is -2.26. The molecular weight excluding hydrogens is 426 g/mol. The molecule has 156 valence electrons. The van der Waals surface area contributed by atoms with Crippen molar-refractivity contribution >= 4 is 28.9 Å². The van der Waals surface area contributed by atoms with Gasteiger partial charge in [-0.15, -0.1) is 0 Å². The predicted octanol–water partition coefficient (Wildman–Crippen LogP) is 7.11. The first-order chi connectivity index (χ1) is 12.5. The van der Waals surface area contributed by atoms with Gasteiger partial charge in [-0.05, 0) is 31.1 Å². The zero-order valence-corrected chi connectivity index (χ0v) is 18.2. The Labute approximate surface area is 166 Å². The molecule has 0 spiro atoms. The standard InChI is InChI=1S/C17H24F5O2PS2/c1-5-6-7-11(4)24-25(26,23-8-10(2)3)27-9-12-13(18)15(20)17(22)16(21)14(12)19/h10-11H,5-9H2,1-4H3. The summed E-state index contributed by atoms with van der Waals surface area (Å²) in [4.78, 5) is 0. The molecule has 0 aliphatic rings. The average molecular weight is 450 g/mol. The van der Waals surface area contributed by atoms with E-state index in [0.29, 0.717) is 0 Å². The molecule has 0 amide bonds. The second kappa shape index (κ2) is 11.1. The fraction of sp³-hybridized carbons (Fsp3) is 0.647. The van der Waals surface area contributed by atoms with Gasteiger partial charge in [0.15, 0.2) is 23.3 Å². The molecule has 0 fully saturated rings. The number of hydrogen-bond acceptors (Lipinski definition) is 4. The topological polar surface area (TPSA) is 18.5 Å². The molecule has 1 rings (SSSR count). The molecule has 0 radical (unpaired) electrons. The van der Waals surface area contributed by atoms with Crippen molar-refractivity contribution < 1.29 is 31.0 Å². The van der Waals surface area contributed by atoms with Crippen LogP contribution in [0.4, 0.5) is 22.0 Å². The maximum absolute atomic E-state index is 13.9. The van der Waals surface area contributed by atoms with Gasteiger partial charge in [-0.25, -0.2) is 22.0 Å². The summed E-state index contributed by atoms with van der Waals surface area (Å²) in [5, 5.41) is 0. The van der Waals surface area contributed by atoms with Crippen LogP contribution in [0.2, 0.25) is 0 Å². The Balaban J connectivity index is 3.01. The van der Waals surface area contributed by atoms with Crippen molar-refractivity contribution in [1.82, 2.24) is 0 Å². The summed E-state index contributed by atoms with van der Waals surface area (Å²) in [6.45, 7) is 7.90. The number of halogens is 5. The molecular formula is C17H24F5O2PS2. The third kappa shape index (κ3) is 7.28. The lowest BCUT2D eigenvalue weighted by Crippen LogP contribution is -2.10. The first-order valence-electron chi connectivity index (χ1n) is 8.60. The second-order valence-electron chi connectivity index (χ2n) is 6.52. The van der Waals surface area contributed by atoms with E-state index in [9.17, 15) is 22.0 Å². The number of benzene rings is 1. The molecule has 0 aromatic heterocycles. The van der Waals surface area contributed by atoms with Gasteiger partial charge in [-0.3, -0.25) is 0 Å². The Hall–Kier alpha value is -0.210. The fourth-order valence-corrected chi connectivity index (χ4v) is 6.78. The van der Waals surface area contributed by atoms with Crippen molar-refractivity contribution in [3.63, 3.8) is 0 Å². The molecule has 0 N–H and O–H groups in total. The zero-order chi connectivity index (χ0) is 20.8. The highest BCUT2D eigenvalue weighted by Crippen LogP contribution is 2.63. The summed E-state index contributed by atoms with van der Waals surface area (Å²) in [5.41, 5.74) is -3.97. The maximum Gasteiger partial charge on any atom is 0.247 e. The van der Waals surface area contributed by atoms with Gasteiger partial charge in [0.25, 0.3) is 0 Å². The molecule has 2 unspecified atom stereocenters. The SMILES string of the molecule is CCCCC(C)OP(=S)(OCC(C)C)SCc1c(F)c(F)c(F)c(F)c1F. The molecule has 0 aliphatic carbocycles. The van der Waals surface area contributed by atoms with Gasteiger partial charge in [0.05, 0.1) is 12.7 Å². The monoisotopic (exact) mass is 450 g/mol. The second-order valence-corrected chi connectivity index (χ2v) is 12.8. The van der Waals surface area contributed by atoms with Crippen molar-refractivity contribution in [3.05, 3.63) is 34.6 Å². The van der Waals surface area contributed by atoms with Crippen molar-refractivity contribution in [2.45, 2.75) is 58.8 Å². The van der Waals surface area contributed by atoms with Crippen LogP contribution in [0.3, 0.4) is 0 Å². The normalized spacial score (nSPS) is 15.2. The lowest BCUT2D eigenvalue weighted by molar-refractivity contribution is 0.180. The van der Waals surface area contributed by atoms with E-state index in [1.54, 1.807) is 0 Å². The van der Waals surface area contributed by atoms with E-state index in [2.05, 4.69) is 0 Å². The number of rotatable bonds is 11. The lowest BCUT2D eigenvalue weighted by atomic mass is 10.2. The van der Waals surface area contributed by atoms with Gasteiger partial charge >= 0.3 is 0 Å². The molecule has 0 aliphatic heterocycles. The molecule has 1 aromatic rings. The highest BCUT2D eigenvalue weighted by molar-refractivity contribution is 8.67. The highest BCUT2D eigenvalue weighted by atomic mass is 32.9. The maximum atomic E-state index is 13.9. The van der Waals surface area contributed by atoms with Crippen molar-refractivity contribution in [1.29, 1.82) is 0 Å². The summed E-state index contributed by atoms with van der Waals surface area (Å²) >= 11 is 6.23.